The lowest BCUT2D eigenvalue weighted by molar-refractivity contribution is 0.185. The summed E-state index contributed by atoms with van der Waals surface area (Å²) < 4.78 is 7.50. The van der Waals surface area contributed by atoms with E-state index in [2.05, 4.69) is 57.7 Å². The monoisotopic (exact) mass is 364 g/mol. The Labute approximate surface area is 161 Å². The number of rotatable bonds is 5. The van der Waals surface area contributed by atoms with Gasteiger partial charge in [0.2, 0.25) is 0 Å². The van der Waals surface area contributed by atoms with E-state index < -0.39 is 0 Å². The average Bonchev–Trinajstić information content (AvgIpc) is 3.17. The number of aryl methyl sites for hydroxylation is 2. The van der Waals surface area contributed by atoms with Crippen molar-refractivity contribution >= 4 is 16.6 Å². The van der Waals surface area contributed by atoms with Gasteiger partial charge >= 0.3 is 0 Å². The highest BCUT2D eigenvalue weighted by molar-refractivity contribution is 5.94. The zero-order valence-electron chi connectivity index (χ0n) is 16.5. The Morgan fingerprint density at radius 3 is 2.89 bits per heavy atom. The number of piperidine rings is 1. The van der Waals surface area contributed by atoms with Gasteiger partial charge in [-0.1, -0.05) is 12.1 Å². The molecule has 1 atom stereocenters. The number of ether oxygens (including phenoxy) is 1. The summed E-state index contributed by atoms with van der Waals surface area (Å²) in [7, 11) is 1.75. The van der Waals surface area contributed by atoms with Crippen LogP contribution in [0.1, 0.15) is 35.7 Å². The summed E-state index contributed by atoms with van der Waals surface area (Å²) in [5, 5.41) is 1.25. The lowest BCUT2D eigenvalue weighted by Crippen LogP contribution is -2.35. The molecule has 0 spiro atoms. The average molecular weight is 364 g/mol. The van der Waals surface area contributed by atoms with Gasteiger partial charge in [0.15, 0.2) is 0 Å². The Kier molecular flexibility index (Phi) is 5.12. The number of hydrogen-bond acceptors (Lipinski definition) is 4. The number of imidazole rings is 1. The zero-order chi connectivity index (χ0) is 18.8. The van der Waals surface area contributed by atoms with Crippen LogP contribution < -0.4 is 4.90 Å². The van der Waals surface area contributed by atoms with E-state index >= 15 is 0 Å². The first-order valence-electron chi connectivity index (χ1n) is 9.79. The van der Waals surface area contributed by atoms with Crippen molar-refractivity contribution in [3.63, 3.8) is 0 Å². The summed E-state index contributed by atoms with van der Waals surface area (Å²) in [4.78, 5) is 11.9. The van der Waals surface area contributed by atoms with Gasteiger partial charge in [-0.2, -0.15) is 0 Å². The molecule has 1 aliphatic heterocycles. The zero-order valence-corrected chi connectivity index (χ0v) is 16.5. The van der Waals surface area contributed by atoms with E-state index in [1.807, 2.05) is 12.4 Å². The van der Waals surface area contributed by atoms with Crippen LogP contribution in [0.5, 0.6) is 0 Å². The Hall–Kier alpha value is -2.40. The third-order valence-electron chi connectivity index (χ3n) is 5.83. The predicted molar refractivity (Wildman–Crippen MR) is 110 cm³/mol. The van der Waals surface area contributed by atoms with Crippen molar-refractivity contribution in [1.29, 1.82) is 0 Å². The normalized spacial score (nSPS) is 17.6. The lowest BCUT2D eigenvalue weighted by Gasteiger charge is -2.35. The molecule has 5 nitrogen and oxygen atoms in total. The van der Waals surface area contributed by atoms with Gasteiger partial charge in [0, 0.05) is 62.3 Å². The fraction of sp³-hybridized carbons (Fsp3) is 0.455. The van der Waals surface area contributed by atoms with Crippen LogP contribution in [0.3, 0.4) is 0 Å². The lowest BCUT2D eigenvalue weighted by atomic mass is 9.95. The number of methoxy groups -OCH3 is 1. The molecule has 0 saturated carbocycles. The summed E-state index contributed by atoms with van der Waals surface area (Å²) in [6, 6.07) is 6.60. The Bertz CT molecular complexity index is 933. The van der Waals surface area contributed by atoms with E-state index in [1.165, 1.54) is 40.9 Å². The minimum atomic E-state index is 0.445. The second-order valence-electron chi connectivity index (χ2n) is 7.49. The van der Waals surface area contributed by atoms with Crippen LogP contribution >= 0.6 is 0 Å². The van der Waals surface area contributed by atoms with Crippen molar-refractivity contribution in [2.75, 3.05) is 31.7 Å². The van der Waals surface area contributed by atoms with Gasteiger partial charge < -0.3 is 14.2 Å². The first kappa shape index (κ1) is 18.0. The minimum Gasteiger partial charge on any atom is -0.383 e. The van der Waals surface area contributed by atoms with E-state index in [0.29, 0.717) is 12.5 Å². The molecule has 0 radical (unpaired) electrons. The molecular weight excluding hydrogens is 336 g/mol. The van der Waals surface area contributed by atoms with Crippen LogP contribution in [0.25, 0.3) is 10.9 Å². The summed E-state index contributed by atoms with van der Waals surface area (Å²) >= 11 is 0. The molecule has 1 fully saturated rings. The number of pyridine rings is 1. The van der Waals surface area contributed by atoms with Gasteiger partial charge in [-0.25, -0.2) is 4.98 Å². The third kappa shape index (κ3) is 3.44. The molecule has 0 aliphatic carbocycles. The molecule has 5 heteroatoms. The molecule has 0 amide bonds. The van der Waals surface area contributed by atoms with E-state index in [-0.39, 0.29) is 0 Å². The highest BCUT2D eigenvalue weighted by Crippen LogP contribution is 2.34. The second kappa shape index (κ2) is 7.69. The van der Waals surface area contributed by atoms with Crippen molar-refractivity contribution in [3.8, 4) is 0 Å². The maximum absolute atomic E-state index is 5.25. The second-order valence-corrected chi connectivity index (χ2v) is 7.49. The Balaban J connectivity index is 1.64. The Morgan fingerprint density at radius 1 is 1.15 bits per heavy atom. The van der Waals surface area contributed by atoms with Crippen molar-refractivity contribution in [1.82, 2.24) is 14.5 Å². The van der Waals surface area contributed by atoms with Crippen LogP contribution in [0.4, 0.5) is 5.69 Å². The number of fused-ring (bicyclic) bond motifs is 1. The SMILES string of the molecule is COCCn1ccnc1C1CCCN(c2ccnc3c(C)c(C)ccc23)C1. The molecule has 3 heterocycles. The van der Waals surface area contributed by atoms with Crippen molar-refractivity contribution in [2.24, 2.45) is 0 Å². The molecule has 2 aromatic heterocycles. The fourth-order valence-corrected chi connectivity index (χ4v) is 4.19. The number of benzene rings is 1. The van der Waals surface area contributed by atoms with E-state index in [1.54, 1.807) is 7.11 Å². The number of aromatic nitrogens is 3. The van der Waals surface area contributed by atoms with E-state index in [9.17, 15) is 0 Å². The van der Waals surface area contributed by atoms with E-state index in [4.69, 9.17) is 4.74 Å². The van der Waals surface area contributed by atoms with Crippen LogP contribution in [0.2, 0.25) is 0 Å². The molecule has 27 heavy (non-hydrogen) atoms. The fourth-order valence-electron chi connectivity index (χ4n) is 4.19. The minimum absolute atomic E-state index is 0.445. The van der Waals surface area contributed by atoms with Crippen LogP contribution in [0.15, 0.2) is 36.8 Å². The maximum Gasteiger partial charge on any atom is 0.113 e. The molecule has 0 bridgehead atoms. The van der Waals surface area contributed by atoms with Gasteiger partial charge in [0.25, 0.3) is 0 Å². The summed E-state index contributed by atoms with van der Waals surface area (Å²) in [6.07, 6.45) is 8.30. The van der Waals surface area contributed by atoms with Crippen molar-refractivity contribution in [3.05, 3.63) is 53.7 Å². The highest BCUT2D eigenvalue weighted by Gasteiger charge is 2.26. The van der Waals surface area contributed by atoms with E-state index in [0.717, 1.165) is 25.2 Å². The summed E-state index contributed by atoms with van der Waals surface area (Å²) in [5.41, 5.74) is 4.99. The molecule has 1 saturated heterocycles. The topological polar surface area (TPSA) is 43.2 Å². The van der Waals surface area contributed by atoms with Gasteiger partial charge in [0.05, 0.1) is 12.1 Å². The number of hydrogen-bond donors (Lipinski definition) is 0. The van der Waals surface area contributed by atoms with Gasteiger partial charge in [-0.15, -0.1) is 0 Å². The predicted octanol–water partition coefficient (Wildman–Crippen LogP) is 4.08. The largest absolute Gasteiger partial charge is 0.383 e. The molecule has 1 aliphatic rings. The molecule has 1 unspecified atom stereocenters. The molecule has 3 aromatic rings. The molecular formula is C22H28N4O. The van der Waals surface area contributed by atoms with Crippen LogP contribution in [-0.2, 0) is 11.3 Å². The maximum atomic E-state index is 5.25. The van der Waals surface area contributed by atoms with Crippen LogP contribution in [-0.4, -0.2) is 41.3 Å². The molecule has 142 valence electrons. The first-order chi connectivity index (χ1) is 13.2. The van der Waals surface area contributed by atoms with Crippen molar-refractivity contribution in [2.45, 2.75) is 39.2 Å². The van der Waals surface area contributed by atoms with Gasteiger partial charge in [-0.3, -0.25) is 4.98 Å². The van der Waals surface area contributed by atoms with Crippen LogP contribution in [0, 0.1) is 13.8 Å². The number of nitrogens with zero attached hydrogens (tertiary/aromatic N) is 4. The molecule has 0 N–H and O–H groups in total. The number of anilines is 1. The van der Waals surface area contributed by atoms with Crippen molar-refractivity contribution < 1.29 is 4.74 Å². The quantitative estimate of drug-likeness (QED) is 0.684. The summed E-state index contributed by atoms with van der Waals surface area (Å²) in [5.74, 6) is 1.63. The first-order valence-corrected chi connectivity index (χ1v) is 9.79. The highest BCUT2D eigenvalue weighted by atomic mass is 16.5. The molecule has 4 rings (SSSR count). The standard InChI is InChI=1S/C22H28N4O/c1-16-6-7-19-20(8-9-23-21(19)17(16)2)26-11-4-5-18(15-26)22-24-10-12-25(22)13-14-27-3/h6-10,12,18H,4-5,11,13-15H2,1-3H3. The van der Waals surface area contributed by atoms with Gasteiger partial charge in [0.1, 0.15) is 5.82 Å². The summed E-state index contributed by atoms with van der Waals surface area (Å²) in [6.45, 7) is 7.98. The Morgan fingerprint density at radius 2 is 2.04 bits per heavy atom. The smallest absolute Gasteiger partial charge is 0.113 e. The van der Waals surface area contributed by atoms with Gasteiger partial charge in [-0.05, 0) is 43.9 Å². The third-order valence-corrected chi connectivity index (χ3v) is 5.83. The molecule has 1 aromatic carbocycles.